The van der Waals surface area contributed by atoms with E-state index in [0.717, 1.165) is 18.7 Å². The van der Waals surface area contributed by atoms with Crippen LogP contribution in [0.15, 0.2) is 17.5 Å². The van der Waals surface area contributed by atoms with Crippen LogP contribution in [0, 0.1) is 0 Å². The molecule has 2 rings (SSSR count). The Morgan fingerprint density at radius 2 is 2.53 bits per heavy atom. The van der Waals surface area contributed by atoms with Gasteiger partial charge in [0.1, 0.15) is 5.37 Å². The molecule has 0 aromatic carbocycles. The molecule has 1 fully saturated rings. The molecule has 1 aliphatic rings. The minimum absolute atomic E-state index is 0.282. The summed E-state index contributed by atoms with van der Waals surface area (Å²) in [5.41, 5.74) is 0. The molecule has 4 heteroatoms. The molecule has 0 N–H and O–H groups in total. The fourth-order valence-electron chi connectivity index (χ4n) is 1.75. The average Bonchev–Trinajstić information content (AvgIpc) is 2.88. The number of nitrogens with zero attached hydrogens (tertiary/aromatic N) is 1. The first-order chi connectivity index (χ1) is 7.33. The SMILES string of the molecule is CCCC(=O)N1CCS[C@@H]1c1cccs1. The summed E-state index contributed by atoms with van der Waals surface area (Å²) in [5, 5.41) is 2.36. The third kappa shape index (κ3) is 2.37. The minimum Gasteiger partial charge on any atom is -0.325 e. The Morgan fingerprint density at radius 3 is 3.20 bits per heavy atom. The van der Waals surface area contributed by atoms with Crippen molar-refractivity contribution in [3.05, 3.63) is 22.4 Å². The lowest BCUT2D eigenvalue weighted by Gasteiger charge is -2.22. The van der Waals surface area contributed by atoms with Gasteiger partial charge in [0.25, 0.3) is 0 Å². The number of thiophene rings is 1. The molecule has 0 unspecified atom stereocenters. The molecule has 2 nitrogen and oxygen atoms in total. The standard InChI is InChI=1S/C11H15NOS2/c1-2-4-10(13)12-6-8-15-11(12)9-5-3-7-14-9/h3,5,7,11H,2,4,6,8H2,1H3/t11-/m1/s1. The van der Waals surface area contributed by atoms with Gasteiger partial charge in [0.2, 0.25) is 5.91 Å². The van der Waals surface area contributed by atoms with Gasteiger partial charge in [0.05, 0.1) is 0 Å². The normalized spacial score (nSPS) is 20.9. The maximum absolute atomic E-state index is 11.9. The summed E-state index contributed by atoms with van der Waals surface area (Å²) in [7, 11) is 0. The van der Waals surface area contributed by atoms with Crippen LogP contribution in [0.1, 0.15) is 30.0 Å². The van der Waals surface area contributed by atoms with E-state index in [2.05, 4.69) is 24.4 Å². The van der Waals surface area contributed by atoms with Gasteiger partial charge in [0.15, 0.2) is 0 Å². The Hall–Kier alpha value is -0.480. The van der Waals surface area contributed by atoms with Gasteiger partial charge in [-0.05, 0) is 17.9 Å². The second-order valence-corrected chi connectivity index (χ2v) is 5.74. The van der Waals surface area contributed by atoms with Crippen LogP contribution in [-0.2, 0) is 4.79 Å². The fraction of sp³-hybridized carbons (Fsp3) is 0.545. The molecule has 1 aromatic heterocycles. The van der Waals surface area contributed by atoms with Crippen LogP contribution in [0.5, 0.6) is 0 Å². The summed E-state index contributed by atoms with van der Waals surface area (Å²) >= 11 is 3.62. The minimum atomic E-state index is 0.282. The molecule has 82 valence electrons. The summed E-state index contributed by atoms with van der Waals surface area (Å²) in [6, 6.07) is 4.18. The maximum atomic E-state index is 11.9. The number of carbonyl (C=O) groups is 1. The van der Waals surface area contributed by atoms with Crippen molar-refractivity contribution >= 4 is 29.0 Å². The summed E-state index contributed by atoms with van der Waals surface area (Å²) in [4.78, 5) is 15.2. The van der Waals surface area contributed by atoms with Gasteiger partial charge < -0.3 is 4.90 Å². The van der Waals surface area contributed by atoms with Crippen molar-refractivity contribution in [1.29, 1.82) is 0 Å². The fourth-order valence-corrected chi connectivity index (χ4v) is 4.01. The molecular weight excluding hydrogens is 226 g/mol. The van der Waals surface area contributed by atoms with Gasteiger partial charge in [-0.15, -0.1) is 23.1 Å². The summed E-state index contributed by atoms with van der Waals surface area (Å²) in [6.07, 6.45) is 1.62. The van der Waals surface area contributed by atoms with E-state index in [1.807, 2.05) is 16.7 Å². The number of hydrogen-bond donors (Lipinski definition) is 0. The number of thioether (sulfide) groups is 1. The number of rotatable bonds is 3. The second-order valence-electron chi connectivity index (χ2n) is 3.58. The van der Waals surface area contributed by atoms with E-state index < -0.39 is 0 Å². The summed E-state index contributed by atoms with van der Waals surface area (Å²) in [5.74, 6) is 1.37. The first-order valence-electron chi connectivity index (χ1n) is 5.27. The van der Waals surface area contributed by atoms with Crippen LogP contribution >= 0.6 is 23.1 Å². The largest absolute Gasteiger partial charge is 0.325 e. The van der Waals surface area contributed by atoms with Gasteiger partial charge in [-0.1, -0.05) is 13.0 Å². The van der Waals surface area contributed by atoms with Crippen molar-refractivity contribution in [2.24, 2.45) is 0 Å². The van der Waals surface area contributed by atoms with Crippen LogP contribution in [0.3, 0.4) is 0 Å². The molecular formula is C11H15NOS2. The van der Waals surface area contributed by atoms with Crippen molar-refractivity contribution < 1.29 is 4.79 Å². The molecule has 1 aromatic rings. The monoisotopic (exact) mass is 241 g/mol. The Balaban J connectivity index is 2.08. The predicted molar refractivity (Wildman–Crippen MR) is 66.1 cm³/mol. The van der Waals surface area contributed by atoms with Crippen LogP contribution in [0.2, 0.25) is 0 Å². The first-order valence-corrected chi connectivity index (χ1v) is 7.20. The Kier molecular flexibility index (Phi) is 3.70. The highest BCUT2D eigenvalue weighted by molar-refractivity contribution is 7.99. The van der Waals surface area contributed by atoms with Crippen LogP contribution in [0.4, 0.5) is 0 Å². The highest BCUT2D eigenvalue weighted by Crippen LogP contribution is 2.40. The van der Waals surface area contributed by atoms with Crippen molar-refractivity contribution in [1.82, 2.24) is 4.90 Å². The third-order valence-electron chi connectivity index (χ3n) is 2.46. The van der Waals surface area contributed by atoms with Crippen molar-refractivity contribution in [3.63, 3.8) is 0 Å². The number of amides is 1. The zero-order valence-electron chi connectivity index (χ0n) is 8.81. The van der Waals surface area contributed by atoms with Crippen molar-refractivity contribution in [2.45, 2.75) is 25.1 Å². The molecule has 1 amide bonds. The smallest absolute Gasteiger partial charge is 0.223 e. The lowest BCUT2D eigenvalue weighted by Crippen LogP contribution is -2.29. The Morgan fingerprint density at radius 1 is 1.67 bits per heavy atom. The van der Waals surface area contributed by atoms with Gasteiger partial charge in [0, 0.05) is 23.6 Å². The molecule has 0 saturated carbocycles. The second kappa shape index (κ2) is 5.03. The molecule has 1 atom stereocenters. The molecule has 0 radical (unpaired) electrons. The van der Waals surface area contributed by atoms with Crippen LogP contribution < -0.4 is 0 Å². The summed E-state index contributed by atoms with van der Waals surface area (Å²) < 4.78 is 0. The van der Waals surface area contributed by atoms with Gasteiger partial charge in [-0.3, -0.25) is 4.79 Å². The van der Waals surface area contributed by atoms with Crippen LogP contribution in [-0.4, -0.2) is 23.1 Å². The van der Waals surface area contributed by atoms with E-state index in [-0.39, 0.29) is 5.37 Å². The highest BCUT2D eigenvalue weighted by Gasteiger charge is 2.30. The molecule has 1 saturated heterocycles. The van der Waals surface area contributed by atoms with E-state index in [4.69, 9.17) is 0 Å². The van der Waals surface area contributed by atoms with Gasteiger partial charge in [-0.2, -0.15) is 0 Å². The number of carbonyl (C=O) groups excluding carboxylic acids is 1. The Labute approximate surface area is 98.7 Å². The summed E-state index contributed by atoms with van der Waals surface area (Å²) in [6.45, 7) is 2.97. The zero-order chi connectivity index (χ0) is 10.7. The maximum Gasteiger partial charge on any atom is 0.223 e. The van der Waals surface area contributed by atoms with Gasteiger partial charge >= 0.3 is 0 Å². The van der Waals surface area contributed by atoms with E-state index in [1.54, 1.807) is 11.3 Å². The zero-order valence-corrected chi connectivity index (χ0v) is 10.4. The van der Waals surface area contributed by atoms with E-state index >= 15 is 0 Å². The molecule has 1 aliphatic heterocycles. The lowest BCUT2D eigenvalue weighted by molar-refractivity contribution is -0.131. The lowest BCUT2D eigenvalue weighted by atomic mass is 10.3. The van der Waals surface area contributed by atoms with Crippen molar-refractivity contribution in [3.8, 4) is 0 Å². The van der Waals surface area contributed by atoms with E-state index in [1.165, 1.54) is 4.88 Å². The van der Waals surface area contributed by atoms with E-state index in [9.17, 15) is 4.79 Å². The van der Waals surface area contributed by atoms with Crippen molar-refractivity contribution in [2.75, 3.05) is 12.3 Å². The molecule has 2 heterocycles. The quantitative estimate of drug-likeness (QED) is 0.810. The van der Waals surface area contributed by atoms with Gasteiger partial charge in [-0.25, -0.2) is 0 Å². The molecule has 0 aliphatic carbocycles. The topological polar surface area (TPSA) is 20.3 Å². The molecule has 0 spiro atoms. The van der Waals surface area contributed by atoms with E-state index in [0.29, 0.717) is 12.3 Å². The Bertz CT molecular complexity index is 323. The first kappa shape index (κ1) is 11.0. The molecule has 15 heavy (non-hydrogen) atoms. The van der Waals surface area contributed by atoms with Crippen LogP contribution in [0.25, 0.3) is 0 Å². The predicted octanol–water partition coefficient (Wildman–Crippen LogP) is 3.12. The average molecular weight is 241 g/mol. The third-order valence-corrected chi connectivity index (χ3v) is 4.78. The number of hydrogen-bond acceptors (Lipinski definition) is 3. The molecule has 0 bridgehead atoms. The highest BCUT2D eigenvalue weighted by atomic mass is 32.2.